The van der Waals surface area contributed by atoms with Crippen LogP contribution < -0.4 is 0 Å². The monoisotopic (exact) mass is 270 g/mol. The van der Waals surface area contributed by atoms with Gasteiger partial charge in [-0.25, -0.2) is 4.39 Å². The molecule has 1 aromatic carbocycles. The number of aldehydes is 1. The lowest BCUT2D eigenvalue weighted by Gasteiger charge is -2.19. The van der Waals surface area contributed by atoms with Crippen molar-refractivity contribution in [1.82, 2.24) is 0 Å². The molecule has 0 bridgehead atoms. The zero-order chi connectivity index (χ0) is 13.8. The zero-order valence-corrected chi connectivity index (χ0v) is 11.3. The van der Waals surface area contributed by atoms with E-state index in [-0.39, 0.29) is 11.3 Å². The number of thioether (sulfide) groups is 1. The molecule has 0 saturated heterocycles. The summed E-state index contributed by atoms with van der Waals surface area (Å²) in [4.78, 5) is 22.7. The van der Waals surface area contributed by atoms with Crippen LogP contribution in [0.1, 0.15) is 31.1 Å². The Bertz CT molecular complexity index is 452. The van der Waals surface area contributed by atoms with Crippen LogP contribution in [0, 0.1) is 5.82 Å². The second-order valence-electron chi connectivity index (χ2n) is 4.64. The molecule has 0 saturated carbocycles. The van der Waals surface area contributed by atoms with Crippen LogP contribution in [0.4, 0.5) is 4.39 Å². The third-order valence-electron chi connectivity index (χ3n) is 1.90. The van der Waals surface area contributed by atoms with E-state index in [1.54, 1.807) is 26.8 Å². The van der Waals surface area contributed by atoms with E-state index in [4.69, 9.17) is 4.74 Å². The van der Waals surface area contributed by atoms with Gasteiger partial charge in [0.05, 0.1) is 11.3 Å². The average molecular weight is 270 g/mol. The smallest absolute Gasteiger partial charge is 0.316 e. The van der Waals surface area contributed by atoms with E-state index in [0.717, 1.165) is 11.8 Å². The lowest BCUT2D eigenvalue weighted by atomic mass is 10.2. The van der Waals surface area contributed by atoms with E-state index in [2.05, 4.69) is 0 Å². The van der Waals surface area contributed by atoms with Crippen LogP contribution >= 0.6 is 11.8 Å². The van der Waals surface area contributed by atoms with Crippen molar-refractivity contribution in [2.45, 2.75) is 31.3 Å². The molecular formula is C13H15FO3S. The molecular weight excluding hydrogens is 255 g/mol. The predicted molar refractivity (Wildman–Crippen MR) is 68.4 cm³/mol. The summed E-state index contributed by atoms with van der Waals surface area (Å²) in [7, 11) is 0. The molecule has 1 aromatic rings. The van der Waals surface area contributed by atoms with E-state index in [1.807, 2.05) is 0 Å². The summed E-state index contributed by atoms with van der Waals surface area (Å²) in [6.07, 6.45) is 0.451. The van der Waals surface area contributed by atoms with Gasteiger partial charge in [-0.15, -0.1) is 11.8 Å². The van der Waals surface area contributed by atoms with E-state index in [1.165, 1.54) is 12.1 Å². The van der Waals surface area contributed by atoms with Crippen molar-refractivity contribution < 1.29 is 18.7 Å². The Balaban J connectivity index is 2.67. The predicted octanol–water partition coefficient (Wildman–Crippen LogP) is 3.07. The maximum Gasteiger partial charge on any atom is 0.316 e. The maximum absolute atomic E-state index is 13.3. The molecule has 0 fully saturated rings. The molecule has 0 amide bonds. The van der Waals surface area contributed by atoms with Gasteiger partial charge in [0, 0.05) is 4.90 Å². The van der Waals surface area contributed by atoms with Crippen LogP contribution in [-0.2, 0) is 9.53 Å². The third kappa shape index (κ3) is 4.49. The Kier molecular flexibility index (Phi) is 4.90. The van der Waals surface area contributed by atoms with Crippen LogP contribution in [0.15, 0.2) is 23.1 Å². The fourth-order valence-corrected chi connectivity index (χ4v) is 2.07. The molecule has 5 heteroatoms. The largest absolute Gasteiger partial charge is 0.459 e. The van der Waals surface area contributed by atoms with E-state index < -0.39 is 17.4 Å². The van der Waals surface area contributed by atoms with Crippen LogP contribution in [0.5, 0.6) is 0 Å². The van der Waals surface area contributed by atoms with Crippen molar-refractivity contribution in [3.63, 3.8) is 0 Å². The van der Waals surface area contributed by atoms with Crippen LogP contribution in [0.2, 0.25) is 0 Å². The third-order valence-corrected chi connectivity index (χ3v) is 2.94. The minimum Gasteiger partial charge on any atom is -0.459 e. The first kappa shape index (κ1) is 14.7. The number of halogens is 1. The molecule has 3 nitrogen and oxygen atoms in total. The van der Waals surface area contributed by atoms with Crippen LogP contribution in [0.3, 0.4) is 0 Å². The summed E-state index contributed by atoms with van der Waals surface area (Å²) < 4.78 is 18.4. The number of esters is 1. The summed E-state index contributed by atoms with van der Waals surface area (Å²) in [5.74, 6) is -0.936. The summed E-state index contributed by atoms with van der Waals surface area (Å²) >= 11 is 1.09. The highest BCUT2D eigenvalue weighted by Gasteiger charge is 2.17. The normalized spacial score (nSPS) is 11.1. The molecule has 0 aliphatic rings. The first-order chi connectivity index (χ1) is 8.33. The summed E-state index contributed by atoms with van der Waals surface area (Å²) in [6.45, 7) is 5.32. The standard InChI is InChI=1S/C13H15FO3S/c1-13(2,3)17-12(16)8-18-11-6-4-5-10(14)9(11)7-15/h4-7H,8H2,1-3H3. The van der Waals surface area contributed by atoms with Crippen LogP contribution in [-0.4, -0.2) is 23.6 Å². The topological polar surface area (TPSA) is 43.4 Å². The summed E-state index contributed by atoms with van der Waals surface area (Å²) in [5, 5.41) is 0. The number of hydrogen-bond donors (Lipinski definition) is 0. The number of benzene rings is 1. The van der Waals surface area contributed by atoms with Gasteiger partial charge in [-0.3, -0.25) is 9.59 Å². The van der Waals surface area contributed by atoms with Gasteiger partial charge in [-0.05, 0) is 32.9 Å². The zero-order valence-electron chi connectivity index (χ0n) is 10.5. The van der Waals surface area contributed by atoms with Crippen molar-refractivity contribution in [2.24, 2.45) is 0 Å². The molecule has 0 N–H and O–H groups in total. The number of carbonyl (C=O) groups is 2. The lowest BCUT2D eigenvalue weighted by molar-refractivity contribution is -0.151. The highest BCUT2D eigenvalue weighted by atomic mass is 32.2. The van der Waals surface area contributed by atoms with Gasteiger partial charge in [0.2, 0.25) is 0 Å². The molecule has 98 valence electrons. The average Bonchev–Trinajstić information content (AvgIpc) is 2.24. The molecule has 0 atom stereocenters. The molecule has 0 aliphatic carbocycles. The molecule has 1 rings (SSSR count). The second kappa shape index (κ2) is 6.00. The summed E-state index contributed by atoms with van der Waals surface area (Å²) in [6, 6.07) is 4.31. The number of rotatable bonds is 4. The van der Waals surface area contributed by atoms with Crippen molar-refractivity contribution >= 4 is 24.0 Å². The van der Waals surface area contributed by atoms with Gasteiger partial charge in [-0.1, -0.05) is 6.07 Å². The highest BCUT2D eigenvalue weighted by molar-refractivity contribution is 8.00. The van der Waals surface area contributed by atoms with Gasteiger partial charge in [0.15, 0.2) is 6.29 Å². The van der Waals surface area contributed by atoms with Crippen molar-refractivity contribution in [1.29, 1.82) is 0 Å². The molecule has 0 unspecified atom stereocenters. The Morgan fingerprint density at radius 3 is 2.67 bits per heavy atom. The maximum atomic E-state index is 13.3. The highest BCUT2D eigenvalue weighted by Crippen LogP contribution is 2.24. The summed E-state index contributed by atoms with van der Waals surface area (Å²) in [5.41, 5.74) is -0.571. The van der Waals surface area contributed by atoms with Gasteiger partial charge >= 0.3 is 5.97 Å². The lowest BCUT2D eigenvalue weighted by Crippen LogP contribution is -2.24. The molecule has 0 heterocycles. The minimum absolute atomic E-state index is 0.0222. The van der Waals surface area contributed by atoms with E-state index in [9.17, 15) is 14.0 Å². The van der Waals surface area contributed by atoms with E-state index >= 15 is 0 Å². The number of ether oxygens (including phenoxy) is 1. The Hall–Kier alpha value is -1.36. The van der Waals surface area contributed by atoms with Crippen molar-refractivity contribution in [2.75, 3.05) is 5.75 Å². The van der Waals surface area contributed by atoms with Crippen molar-refractivity contribution in [3.05, 3.63) is 29.6 Å². The number of carbonyl (C=O) groups excluding carboxylic acids is 2. The van der Waals surface area contributed by atoms with Gasteiger partial charge < -0.3 is 4.74 Å². The number of hydrogen-bond acceptors (Lipinski definition) is 4. The Labute approximate surface area is 110 Å². The Morgan fingerprint density at radius 1 is 1.44 bits per heavy atom. The molecule has 18 heavy (non-hydrogen) atoms. The quantitative estimate of drug-likeness (QED) is 0.479. The van der Waals surface area contributed by atoms with Crippen molar-refractivity contribution in [3.8, 4) is 0 Å². The fourth-order valence-electron chi connectivity index (χ4n) is 1.27. The van der Waals surface area contributed by atoms with Gasteiger partial charge in [0.1, 0.15) is 11.4 Å². The fraction of sp³-hybridized carbons (Fsp3) is 0.385. The molecule has 0 radical (unpaired) electrons. The molecule has 0 aliphatic heterocycles. The second-order valence-corrected chi connectivity index (χ2v) is 5.66. The van der Waals surface area contributed by atoms with Gasteiger partial charge in [0.25, 0.3) is 0 Å². The van der Waals surface area contributed by atoms with E-state index in [0.29, 0.717) is 11.2 Å². The van der Waals surface area contributed by atoms with Gasteiger partial charge in [-0.2, -0.15) is 0 Å². The molecule has 0 spiro atoms. The Morgan fingerprint density at radius 2 is 2.11 bits per heavy atom. The minimum atomic E-state index is -0.584. The SMILES string of the molecule is CC(C)(C)OC(=O)CSc1cccc(F)c1C=O. The molecule has 0 aromatic heterocycles. The van der Waals surface area contributed by atoms with Crippen LogP contribution in [0.25, 0.3) is 0 Å². The first-order valence-corrected chi connectivity index (χ1v) is 6.40. The first-order valence-electron chi connectivity index (χ1n) is 5.42.